The van der Waals surface area contributed by atoms with E-state index in [9.17, 15) is 9.90 Å². The largest absolute Gasteiger partial charge is 0.389 e. The highest BCUT2D eigenvalue weighted by atomic mass is 16.5. The Morgan fingerprint density at radius 3 is 2.74 bits per heavy atom. The van der Waals surface area contributed by atoms with E-state index < -0.39 is 6.10 Å². The Hall–Kier alpha value is -0.690. The van der Waals surface area contributed by atoms with E-state index in [0.717, 1.165) is 38.3 Å². The molecule has 0 bridgehead atoms. The smallest absolute Gasteiger partial charge is 0.222 e. The van der Waals surface area contributed by atoms with Gasteiger partial charge in [-0.25, -0.2) is 0 Å². The van der Waals surface area contributed by atoms with Crippen molar-refractivity contribution in [2.75, 3.05) is 32.8 Å². The summed E-state index contributed by atoms with van der Waals surface area (Å²) >= 11 is 0. The van der Waals surface area contributed by atoms with Crippen LogP contribution >= 0.6 is 0 Å². The number of ether oxygens (including phenoxy) is 2. The van der Waals surface area contributed by atoms with Crippen LogP contribution in [0.4, 0.5) is 0 Å². The van der Waals surface area contributed by atoms with Gasteiger partial charge in [-0.1, -0.05) is 26.2 Å². The molecular formula is C21H38N2O4. The maximum absolute atomic E-state index is 12.1. The average Bonchev–Trinajstić information content (AvgIpc) is 2.66. The lowest BCUT2D eigenvalue weighted by Crippen LogP contribution is -2.56. The Labute approximate surface area is 164 Å². The number of carbonyl (C=O) groups is 1. The van der Waals surface area contributed by atoms with Gasteiger partial charge in [-0.3, -0.25) is 9.69 Å². The van der Waals surface area contributed by atoms with Gasteiger partial charge in [0.05, 0.1) is 37.9 Å². The molecule has 0 aromatic carbocycles. The minimum absolute atomic E-state index is 0.00110. The maximum Gasteiger partial charge on any atom is 0.222 e. The first kappa shape index (κ1) is 21.0. The SMILES string of the molecule is CCCNC(=O)C[C@@H]1CC[C@H]2[C@@H](COC[C@@H](O)CN2CC2CCCCC2)O1. The van der Waals surface area contributed by atoms with Crippen LogP contribution in [0.15, 0.2) is 0 Å². The van der Waals surface area contributed by atoms with Crippen molar-refractivity contribution in [2.24, 2.45) is 5.92 Å². The molecule has 3 fully saturated rings. The third kappa shape index (κ3) is 6.41. The quantitative estimate of drug-likeness (QED) is 0.736. The van der Waals surface area contributed by atoms with Crippen LogP contribution < -0.4 is 5.32 Å². The number of nitrogens with zero attached hydrogens (tertiary/aromatic N) is 1. The molecule has 6 heteroatoms. The van der Waals surface area contributed by atoms with Gasteiger partial charge >= 0.3 is 0 Å². The van der Waals surface area contributed by atoms with Crippen molar-refractivity contribution in [1.29, 1.82) is 0 Å². The van der Waals surface area contributed by atoms with E-state index in [1.165, 1.54) is 32.1 Å². The van der Waals surface area contributed by atoms with Crippen LogP contribution in [-0.4, -0.2) is 73.1 Å². The molecule has 0 aromatic rings. The minimum Gasteiger partial charge on any atom is -0.389 e. The van der Waals surface area contributed by atoms with Gasteiger partial charge in [-0.05, 0) is 38.0 Å². The van der Waals surface area contributed by atoms with E-state index in [1.807, 2.05) is 0 Å². The second-order valence-corrected chi connectivity index (χ2v) is 8.64. The van der Waals surface area contributed by atoms with Crippen LogP contribution in [0.2, 0.25) is 0 Å². The van der Waals surface area contributed by atoms with Gasteiger partial charge in [0.25, 0.3) is 0 Å². The predicted octanol–water partition coefficient (Wildman–Crippen LogP) is 2.09. The fraction of sp³-hybridized carbons (Fsp3) is 0.952. The van der Waals surface area contributed by atoms with E-state index in [-0.39, 0.29) is 24.2 Å². The van der Waals surface area contributed by atoms with Gasteiger partial charge in [0.1, 0.15) is 0 Å². The van der Waals surface area contributed by atoms with Gasteiger partial charge in [-0.15, -0.1) is 0 Å². The number of aliphatic hydroxyl groups excluding tert-OH is 1. The Balaban J connectivity index is 1.58. The van der Waals surface area contributed by atoms with Crippen LogP contribution in [0.3, 0.4) is 0 Å². The molecule has 2 saturated heterocycles. The van der Waals surface area contributed by atoms with Gasteiger partial charge < -0.3 is 19.9 Å². The zero-order valence-corrected chi connectivity index (χ0v) is 16.9. The van der Waals surface area contributed by atoms with Crippen LogP contribution in [0.1, 0.15) is 64.7 Å². The maximum atomic E-state index is 12.1. The number of carbonyl (C=O) groups excluding carboxylic acids is 1. The van der Waals surface area contributed by atoms with Crippen LogP contribution in [0, 0.1) is 5.92 Å². The highest BCUT2D eigenvalue weighted by Crippen LogP contribution is 2.31. The summed E-state index contributed by atoms with van der Waals surface area (Å²) in [7, 11) is 0. The van der Waals surface area contributed by atoms with Crippen molar-refractivity contribution in [2.45, 2.75) is 89.1 Å². The predicted molar refractivity (Wildman–Crippen MR) is 105 cm³/mol. The summed E-state index contributed by atoms with van der Waals surface area (Å²) < 4.78 is 12.0. The fourth-order valence-electron chi connectivity index (χ4n) is 4.90. The molecule has 3 rings (SSSR count). The number of β-amino-alcohol motifs (C(OH)–C–C–N with tert-alkyl or cyclic N) is 1. The molecule has 4 atom stereocenters. The summed E-state index contributed by atoms with van der Waals surface area (Å²) in [6.45, 7) is 5.40. The van der Waals surface area contributed by atoms with E-state index >= 15 is 0 Å². The van der Waals surface area contributed by atoms with Crippen molar-refractivity contribution in [3.05, 3.63) is 0 Å². The molecule has 27 heavy (non-hydrogen) atoms. The van der Waals surface area contributed by atoms with Gasteiger partial charge in [-0.2, -0.15) is 0 Å². The van der Waals surface area contributed by atoms with Crippen LogP contribution in [0.5, 0.6) is 0 Å². The second-order valence-electron chi connectivity index (χ2n) is 8.64. The number of aliphatic hydroxyl groups is 1. The summed E-state index contributed by atoms with van der Waals surface area (Å²) in [5, 5.41) is 13.2. The van der Waals surface area contributed by atoms with E-state index in [0.29, 0.717) is 26.2 Å². The van der Waals surface area contributed by atoms with Crippen molar-refractivity contribution in [1.82, 2.24) is 10.2 Å². The Kier molecular flexibility index (Phi) is 8.37. The number of fused-ring (bicyclic) bond motifs is 1. The topological polar surface area (TPSA) is 71.0 Å². The highest BCUT2D eigenvalue weighted by Gasteiger charge is 2.38. The Morgan fingerprint density at radius 1 is 1.15 bits per heavy atom. The highest BCUT2D eigenvalue weighted by molar-refractivity contribution is 5.76. The van der Waals surface area contributed by atoms with E-state index in [4.69, 9.17) is 9.47 Å². The lowest BCUT2D eigenvalue weighted by atomic mass is 9.87. The summed E-state index contributed by atoms with van der Waals surface area (Å²) in [4.78, 5) is 14.5. The molecule has 6 nitrogen and oxygen atoms in total. The lowest BCUT2D eigenvalue weighted by molar-refractivity contribution is -0.158. The molecule has 1 aliphatic carbocycles. The summed E-state index contributed by atoms with van der Waals surface area (Å²) in [6.07, 6.45) is 9.51. The van der Waals surface area contributed by atoms with Gasteiger partial charge in [0, 0.05) is 25.7 Å². The molecule has 0 spiro atoms. The van der Waals surface area contributed by atoms with Gasteiger partial charge in [0.15, 0.2) is 0 Å². The third-order valence-electron chi connectivity index (χ3n) is 6.29. The molecule has 2 N–H and O–H groups in total. The zero-order valence-electron chi connectivity index (χ0n) is 16.9. The summed E-state index contributed by atoms with van der Waals surface area (Å²) in [5.74, 6) is 0.825. The summed E-state index contributed by atoms with van der Waals surface area (Å²) in [6, 6.07) is 0.289. The molecule has 0 aromatic heterocycles. The fourth-order valence-corrected chi connectivity index (χ4v) is 4.90. The monoisotopic (exact) mass is 382 g/mol. The number of rotatable bonds is 6. The Bertz CT molecular complexity index is 455. The molecule has 2 aliphatic heterocycles. The number of nitrogens with one attached hydrogen (secondary N) is 1. The zero-order chi connectivity index (χ0) is 19.1. The lowest BCUT2D eigenvalue weighted by Gasteiger charge is -2.45. The van der Waals surface area contributed by atoms with Crippen molar-refractivity contribution in [3.63, 3.8) is 0 Å². The first-order valence-corrected chi connectivity index (χ1v) is 11.1. The number of hydrogen-bond acceptors (Lipinski definition) is 5. The van der Waals surface area contributed by atoms with Crippen LogP contribution in [-0.2, 0) is 14.3 Å². The first-order valence-electron chi connectivity index (χ1n) is 11.1. The van der Waals surface area contributed by atoms with E-state index in [2.05, 4.69) is 17.1 Å². The second kappa shape index (κ2) is 10.7. The molecule has 0 radical (unpaired) electrons. The Morgan fingerprint density at radius 2 is 1.96 bits per heavy atom. The van der Waals surface area contributed by atoms with Crippen molar-refractivity contribution >= 4 is 5.91 Å². The van der Waals surface area contributed by atoms with Gasteiger partial charge in [0.2, 0.25) is 5.91 Å². The number of hydrogen-bond donors (Lipinski definition) is 2. The normalized spacial score (nSPS) is 33.7. The molecule has 1 saturated carbocycles. The molecular weight excluding hydrogens is 344 g/mol. The molecule has 156 valence electrons. The van der Waals surface area contributed by atoms with Crippen molar-refractivity contribution in [3.8, 4) is 0 Å². The summed E-state index contributed by atoms with van der Waals surface area (Å²) in [5.41, 5.74) is 0. The number of amides is 1. The van der Waals surface area contributed by atoms with Crippen LogP contribution in [0.25, 0.3) is 0 Å². The first-order chi connectivity index (χ1) is 13.2. The molecule has 3 aliphatic rings. The molecule has 0 unspecified atom stereocenters. The molecule has 2 heterocycles. The van der Waals surface area contributed by atoms with E-state index in [1.54, 1.807) is 0 Å². The standard InChI is InChI=1S/C21H38N2O4/c1-2-10-22-21(25)11-18-8-9-19-20(27-18)15-26-14-17(24)13-23(19)12-16-6-4-3-5-7-16/h16-20,24H,2-15H2,1H3,(H,22,25)/t17-,18-,19-,20+/m0/s1. The molecule has 1 amide bonds. The van der Waals surface area contributed by atoms with Crippen molar-refractivity contribution < 1.29 is 19.4 Å². The third-order valence-corrected chi connectivity index (χ3v) is 6.29. The average molecular weight is 383 g/mol. The minimum atomic E-state index is -0.424.